The predicted molar refractivity (Wildman–Crippen MR) is 76.7 cm³/mol. The van der Waals surface area contributed by atoms with Crippen LogP contribution in [0.15, 0.2) is 23.1 Å². The van der Waals surface area contributed by atoms with Gasteiger partial charge < -0.3 is 4.90 Å². The topological polar surface area (TPSA) is 80.5 Å². The molecule has 0 aromatic heterocycles. The van der Waals surface area contributed by atoms with E-state index in [1.807, 2.05) is 0 Å². The van der Waals surface area contributed by atoms with Crippen LogP contribution in [0.5, 0.6) is 0 Å². The first-order valence-corrected chi connectivity index (χ1v) is 8.45. The number of benzene rings is 1. The zero-order valence-electron chi connectivity index (χ0n) is 11.9. The summed E-state index contributed by atoms with van der Waals surface area (Å²) in [5.74, 6) is -0.705. The number of hydrogen-bond donors (Lipinski definition) is 1. The van der Waals surface area contributed by atoms with Crippen molar-refractivity contribution in [2.45, 2.75) is 31.1 Å². The Kier molecular flexibility index (Phi) is 4.63. The van der Waals surface area contributed by atoms with E-state index in [0.717, 1.165) is 31.4 Å². The van der Waals surface area contributed by atoms with Crippen LogP contribution in [0.25, 0.3) is 0 Å². The van der Waals surface area contributed by atoms with Gasteiger partial charge in [0.05, 0.1) is 10.5 Å². The van der Waals surface area contributed by atoms with Crippen molar-refractivity contribution in [1.29, 1.82) is 0 Å². The van der Waals surface area contributed by atoms with E-state index >= 15 is 0 Å². The summed E-state index contributed by atoms with van der Waals surface area (Å²) >= 11 is 0. The lowest BCUT2D eigenvalue weighted by molar-refractivity contribution is 0.0755. The summed E-state index contributed by atoms with van der Waals surface area (Å²) in [6.07, 6.45) is 2.84. The van der Waals surface area contributed by atoms with Gasteiger partial charge in [0.1, 0.15) is 5.82 Å². The average molecular weight is 314 g/mol. The van der Waals surface area contributed by atoms with Crippen LogP contribution >= 0.6 is 0 Å². The molecule has 1 fully saturated rings. The fraction of sp³-hybridized carbons (Fsp3) is 0.500. The molecule has 1 aromatic carbocycles. The Balaban J connectivity index is 2.23. The van der Waals surface area contributed by atoms with Crippen molar-refractivity contribution in [3.05, 3.63) is 29.6 Å². The maximum Gasteiger partial charge on any atom is 0.256 e. The Morgan fingerprint density at radius 1 is 1.33 bits per heavy atom. The molecule has 0 saturated carbocycles. The Bertz CT molecular complexity index is 646. The van der Waals surface area contributed by atoms with Crippen molar-refractivity contribution in [3.8, 4) is 0 Å². The third-order valence-electron chi connectivity index (χ3n) is 3.80. The monoisotopic (exact) mass is 314 g/mol. The molecule has 0 spiro atoms. The molecule has 1 aromatic rings. The molecule has 21 heavy (non-hydrogen) atoms. The minimum Gasteiger partial charge on any atom is -0.339 e. The Hall–Kier alpha value is -1.47. The molecular formula is C14H19FN2O3S. The number of halogens is 1. The lowest BCUT2D eigenvalue weighted by Crippen LogP contribution is -2.32. The molecule has 1 heterocycles. The molecule has 116 valence electrons. The third-order valence-corrected chi connectivity index (χ3v) is 4.71. The minimum absolute atomic E-state index is 0.114. The largest absolute Gasteiger partial charge is 0.339 e. The fourth-order valence-corrected chi connectivity index (χ4v) is 3.01. The van der Waals surface area contributed by atoms with Crippen LogP contribution in [0.1, 0.15) is 36.5 Å². The first kappa shape index (κ1) is 15.9. The van der Waals surface area contributed by atoms with Crippen molar-refractivity contribution in [3.63, 3.8) is 0 Å². The first-order chi connectivity index (χ1) is 9.79. The van der Waals surface area contributed by atoms with Crippen LogP contribution in [0.4, 0.5) is 4.39 Å². The predicted octanol–water partition coefficient (Wildman–Crippen LogP) is 1.74. The van der Waals surface area contributed by atoms with Gasteiger partial charge in [-0.25, -0.2) is 17.9 Å². The summed E-state index contributed by atoms with van der Waals surface area (Å²) in [7, 11) is -3.97. The summed E-state index contributed by atoms with van der Waals surface area (Å²) in [5.41, 5.74) is -0.114. The minimum atomic E-state index is -3.97. The highest BCUT2D eigenvalue weighted by Crippen LogP contribution is 2.20. The smallest absolute Gasteiger partial charge is 0.256 e. The number of nitrogens with two attached hydrogens (primary N) is 1. The van der Waals surface area contributed by atoms with Gasteiger partial charge in [-0.3, -0.25) is 4.79 Å². The summed E-state index contributed by atoms with van der Waals surface area (Å²) in [6, 6.07) is 3.14. The molecule has 1 amide bonds. The second kappa shape index (κ2) is 6.11. The summed E-state index contributed by atoms with van der Waals surface area (Å²) in [5, 5.41) is 4.94. The number of carbonyl (C=O) groups excluding carboxylic acids is 1. The van der Waals surface area contributed by atoms with Gasteiger partial charge >= 0.3 is 0 Å². The molecule has 1 aliphatic heterocycles. The number of carbonyl (C=O) groups is 1. The van der Waals surface area contributed by atoms with Gasteiger partial charge in [-0.05, 0) is 43.4 Å². The van der Waals surface area contributed by atoms with Gasteiger partial charge in [0.15, 0.2) is 0 Å². The van der Waals surface area contributed by atoms with Gasteiger partial charge in [0.2, 0.25) is 10.0 Å². The van der Waals surface area contributed by atoms with Crippen LogP contribution < -0.4 is 5.14 Å². The number of nitrogens with zero attached hydrogens (tertiary/aromatic N) is 1. The van der Waals surface area contributed by atoms with Gasteiger partial charge in [-0.2, -0.15) is 0 Å². The highest BCUT2D eigenvalue weighted by Gasteiger charge is 2.23. The molecule has 1 unspecified atom stereocenters. The molecule has 5 nitrogen and oxygen atoms in total. The van der Waals surface area contributed by atoms with Gasteiger partial charge in [0, 0.05) is 13.1 Å². The SMILES string of the molecule is CC1CCCN(C(=O)c2ccc(S(N)(=O)=O)cc2F)CC1. The van der Waals surface area contributed by atoms with Gasteiger partial charge in [0.25, 0.3) is 5.91 Å². The summed E-state index contributed by atoms with van der Waals surface area (Å²) < 4.78 is 36.3. The van der Waals surface area contributed by atoms with Crippen LogP contribution in [0.2, 0.25) is 0 Å². The first-order valence-electron chi connectivity index (χ1n) is 6.90. The van der Waals surface area contributed by atoms with Crippen LogP contribution in [-0.4, -0.2) is 32.3 Å². The number of likely N-dealkylation sites (tertiary alicyclic amines) is 1. The molecule has 7 heteroatoms. The number of amides is 1. The number of sulfonamides is 1. The Morgan fingerprint density at radius 3 is 2.67 bits per heavy atom. The van der Waals surface area contributed by atoms with E-state index in [2.05, 4.69) is 6.92 Å². The third kappa shape index (κ3) is 3.79. The molecule has 2 rings (SSSR count). The molecular weight excluding hydrogens is 295 g/mol. The average Bonchev–Trinajstić information content (AvgIpc) is 2.61. The maximum atomic E-state index is 14.0. The number of rotatable bonds is 2. The summed E-state index contributed by atoms with van der Waals surface area (Å²) in [4.78, 5) is 13.6. The van der Waals surface area contributed by atoms with Gasteiger partial charge in [-0.1, -0.05) is 6.92 Å². The van der Waals surface area contributed by atoms with Crippen LogP contribution in [-0.2, 0) is 10.0 Å². The molecule has 2 N–H and O–H groups in total. The quantitative estimate of drug-likeness (QED) is 0.903. The van der Waals surface area contributed by atoms with Crippen LogP contribution in [0.3, 0.4) is 0 Å². The lowest BCUT2D eigenvalue weighted by atomic mass is 10.0. The van der Waals surface area contributed by atoms with Crippen molar-refractivity contribution < 1.29 is 17.6 Å². The zero-order valence-corrected chi connectivity index (χ0v) is 12.7. The van der Waals surface area contributed by atoms with Crippen molar-refractivity contribution in [2.75, 3.05) is 13.1 Å². The van der Waals surface area contributed by atoms with E-state index in [1.165, 1.54) is 6.07 Å². The molecule has 1 saturated heterocycles. The molecule has 0 aliphatic carbocycles. The van der Waals surface area contributed by atoms with Crippen molar-refractivity contribution in [2.24, 2.45) is 11.1 Å². The summed E-state index contributed by atoms with van der Waals surface area (Å²) in [6.45, 7) is 3.32. The molecule has 1 aliphatic rings. The van der Waals surface area contributed by atoms with E-state index in [-0.39, 0.29) is 10.5 Å². The zero-order chi connectivity index (χ0) is 15.6. The second-order valence-corrected chi connectivity index (χ2v) is 7.08. The fourth-order valence-electron chi connectivity index (χ4n) is 2.48. The highest BCUT2D eigenvalue weighted by atomic mass is 32.2. The number of primary sulfonamides is 1. The van der Waals surface area contributed by atoms with Crippen LogP contribution in [0, 0.1) is 11.7 Å². The van der Waals surface area contributed by atoms with E-state index in [0.29, 0.717) is 19.0 Å². The molecule has 1 atom stereocenters. The van der Waals surface area contributed by atoms with E-state index < -0.39 is 21.7 Å². The second-order valence-electron chi connectivity index (χ2n) is 5.51. The van der Waals surface area contributed by atoms with Crippen molar-refractivity contribution >= 4 is 15.9 Å². The Labute approximate surface area is 124 Å². The van der Waals surface area contributed by atoms with E-state index in [1.54, 1.807) is 4.90 Å². The van der Waals surface area contributed by atoms with Crippen molar-refractivity contribution in [1.82, 2.24) is 4.90 Å². The van der Waals surface area contributed by atoms with E-state index in [9.17, 15) is 17.6 Å². The Morgan fingerprint density at radius 2 is 2.05 bits per heavy atom. The molecule has 0 radical (unpaired) electrons. The molecule has 0 bridgehead atoms. The normalized spacial score (nSPS) is 20.1. The lowest BCUT2D eigenvalue weighted by Gasteiger charge is -2.20. The van der Waals surface area contributed by atoms with E-state index in [4.69, 9.17) is 5.14 Å². The standard InChI is InChI=1S/C14H19FN2O3S/c1-10-3-2-7-17(8-6-10)14(18)12-5-4-11(9-13(12)15)21(16,19)20/h4-5,9-10H,2-3,6-8H2,1H3,(H2,16,19,20). The number of hydrogen-bond acceptors (Lipinski definition) is 3. The van der Waals surface area contributed by atoms with Gasteiger partial charge in [-0.15, -0.1) is 0 Å². The highest BCUT2D eigenvalue weighted by molar-refractivity contribution is 7.89. The maximum absolute atomic E-state index is 14.0.